The molecule has 4 rings (SSSR count). The van der Waals surface area contributed by atoms with Gasteiger partial charge in [0.25, 0.3) is 10.0 Å². The SMILES string of the molecule is CNC(=O)[C@H](Cc1ccccc1)N(Cc1ccccc1Cl)C(=O)CN(c1cccc(Br)c1)S(=O)(=O)c1ccc(C)cc1. The molecular weight excluding hydrogens is 638 g/mol. The van der Waals surface area contributed by atoms with Gasteiger partial charge >= 0.3 is 0 Å². The van der Waals surface area contributed by atoms with Crippen LogP contribution in [0.25, 0.3) is 0 Å². The van der Waals surface area contributed by atoms with Crippen molar-refractivity contribution in [2.75, 3.05) is 17.9 Å². The van der Waals surface area contributed by atoms with Gasteiger partial charge in [0.05, 0.1) is 10.6 Å². The molecule has 7 nitrogen and oxygen atoms in total. The van der Waals surface area contributed by atoms with E-state index in [9.17, 15) is 18.0 Å². The largest absolute Gasteiger partial charge is 0.357 e. The first kappa shape index (κ1) is 31.3. The minimum absolute atomic E-state index is 0.000328. The number of aryl methyl sites for hydroxylation is 1. The molecule has 0 aliphatic heterocycles. The van der Waals surface area contributed by atoms with Gasteiger partial charge in [-0.05, 0) is 54.4 Å². The van der Waals surface area contributed by atoms with Crippen LogP contribution in [0.1, 0.15) is 16.7 Å². The Kier molecular flexibility index (Phi) is 10.4. The minimum Gasteiger partial charge on any atom is -0.357 e. The van der Waals surface area contributed by atoms with Crippen LogP contribution >= 0.6 is 27.5 Å². The smallest absolute Gasteiger partial charge is 0.264 e. The average molecular weight is 669 g/mol. The Bertz CT molecular complexity index is 1650. The maximum atomic E-state index is 14.3. The summed E-state index contributed by atoms with van der Waals surface area (Å²) in [6.45, 7) is 1.32. The van der Waals surface area contributed by atoms with Gasteiger partial charge in [0.2, 0.25) is 11.8 Å². The summed E-state index contributed by atoms with van der Waals surface area (Å²) in [4.78, 5) is 29.1. The number of likely N-dealkylation sites (N-methyl/N-ethyl adjacent to an activating group) is 1. The summed E-state index contributed by atoms with van der Waals surface area (Å²) in [5.74, 6) is -0.940. The number of carbonyl (C=O) groups is 2. The molecule has 0 radical (unpaired) electrons. The second-order valence-electron chi connectivity index (χ2n) is 9.74. The van der Waals surface area contributed by atoms with Crippen LogP contribution in [-0.2, 0) is 32.6 Å². The predicted molar refractivity (Wildman–Crippen MR) is 170 cm³/mol. The summed E-state index contributed by atoms with van der Waals surface area (Å²) < 4.78 is 29.8. The molecule has 0 aromatic heterocycles. The van der Waals surface area contributed by atoms with Gasteiger partial charge in [0, 0.05) is 29.5 Å². The number of carbonyl (C=O) groups excluding carboxylic acids is 2. The fourth-order valence-corrected chi connectivity index (χ4v) is 6.52. The minimum atomic E-state index is -4.17. The van der Waals surface area contributed by atoms with Crippen LogP contribution in [0.4, 0.5) is 5.69 Å². The summed E-state index contributed by atoms with van der Waals surface area (Å²) in [5, 5.41) is 3.10. The summed E-state index contributed by atoms with van der Waals surface area (Å²) in [7, 11) is -2.66. The number of hydrogen-bond donors (Lipinski definition) is 1. The van der Waals surface area contributed by atoms with Crippen LogP contribution in [-0.4, -0.2) is 44.8 Å². The van der Waals surface area contributed by atoms with Gasteiger partial charge < -0.3 is 10.2 Å². The van der Waals surface area contributed by atoms with Gasteiger partial charge in [-0.3, -0.25) is 13.9 Å². The number of anilines is 1. The highest BCUT2D eigenvalue weighted by Gasteiger charge is 2.34. The quantitative estimate of drug-likeness (QED) is 0.213. The van der Waals surface area contributed by atoms with Crippen molar-refractivity contribution in [2.24, 2.45) is 0 Å². The fraction of sp³-hybridized carbons (Fsp3) is 0.188. The van der Waals surface area contributed by atoms with E-state index in [0.717, 1.165) is 15.4 Å². The van der Waals surface area contributed by atoms with Crippen molar-refractivity contribution in [1.29, 1.82) is 0 Å². The Labute approximate surface area is 260 Å². The number of nitrogens with one attached hydrogen (secondary N) is 1. The lowest BCUT2D eigenvalue weighted by molar-refractivity contribution is -0.139. The topological polar surface area (TPSA) is 86.8 Å². The van der Waals surface area contributed by atoms with Crippen molar-refractivity contribution in [1.82, 2.24) is 10.2 Å². The number of hydrogen-bond acceptors (Lipinski definition) is 4. The highest BCUT2D eigenvalue weighted by Crippen LogP contribution is 2.28. The third-order valence-electron chi connectivity index (χ3n) is 6.80. The number of sulfonamides is 1. The number of rotatable bonds is 11. The van der Waals surface area contributed by atoms with E-state index < -0.39 is 28.5 Å². The van der Waals surface area contributed by atoms with Gasteiger partial charge in [-0.25, -0.2) is 8.42 Å². The lowest BCUT2D eigenvalue weighted by Gasteiger charge is -2.33. The molecule has 0 aliphatic carbocycles. The highest BCUT2D eigenvalue weighted by molar-refractivity contribution is 9.10. The molecule has 2 amide bonds. The van der Waals surface area contributed by atoms with E-state index >= 15 is 0 Å². The van der Waals surface area contributed by atoms with Crippen LogP contribution in [0, 0.1) is 6.92 Å². The molecule has 4 aromatic carbocycles. The molecule has 42 heavy (non-hydrogen) atoms. The second-order valence-corrected chi connectivity index (χ2v) is 12.9. The summed E-state index contributed by atoms with van der Waals surface area (Å²) in [6.07, 6.45) is 0.221. The van der Waals surface area contributed by atoms with Crippen molar-refractivity contribution in [3.63, 3.8) is 0 Å². The van der Waals surface area contributed by atoms with Crippen molar-refractivity contribution in [3.05, 3.63) is 129 Å². The molecule has 0 aliphatic rings. The maximum Gasteiger partial charge on any atom is 0.264 e. The van der Waals surface area contributed by atoms with E-state index in [0.29, 0.717) is 20.7 Å². The van der Waals surface area contributed by atoms with Crippen molar-refractivity contribution < 1.29 is 18.0 Å². The van der Waals surface area contributed by atoms with Crippen LogP contribution in [0.5, 0.6) is 0 Å². The van der Waals surface area contributed by atoms with Crippen molar-refractivity contribution >= 4 is 55.1 Å². The molecule has 4 aromatic rings. The average Bonchev–Trinajstić information content (AvgIpc) is 2.98. The molecule has 0 heterocycles. The fourth-order valence-electron chi connectivity index (χ4n) is 4.53. The van der Waals surface area contributed by atoms with Crippen LogP contribution in [0.2, 0.25) is 5.02 Å². The summed E-state index contributed by atoms with van der Waals surface area (Å²) >= 11 is 9.90. The summed E-state index contributed by atoms with van der Waals surface area (Å²) in [5.41, 5.74) is 2.68. The van der Waals surface area contributed by atoms with E-state index in [1.54, 1.807) is 60.7 Å². The normalized spacial score (nSPS) is 11.9. The lowest BCUT2D eigenvalue weighted by Crippen LogP contribution is -2.53. The first-order valence-electron chi connectivity index (χ1n) is 13.2. The molecule has 218 valence electrons. The van der Waals surface area contributed by atoms with Crippen molar-refractivity contribution in [3.8, 4) is 0 Å². The zero-order valence-corrected chi connectivity index (χ0v) is 26.4. The van der Waals surface area contributed by atoms with E-state index in [1.807, 2.05) is 37.3 Å². The third kappa shape index (κ3) is 7.59. The molecule has 0 spiro atoms. The molecule has 0 unspecified atom stereocenters. The molecule has 1 N–H and O–H groups in total. The van der Waals surface area contributed by atoms with E-state index in [-0.39, 0.29) is 23.8 Å². The second kappa shape index (κ2) is 14.0. The Hall–Kier alpha value is -3.66. The van der Waals surface area contributed by atoms with Gasteiger partial charge in [-0.15, -0.1) is 0 Å². The van der Waals surface area contributed by atoms with Crippen molar-refractivity contribution in [2.45, 2.75) is 30.8 Å². The van der Waals surface area contributed by atoms with E-state index in [1.165, 1.54) is 24.1 Å². The number of benzene rings is 4. The third-order valence-corrected chi connectivity index (χ3v) is 9.45. The Morgan fingerprint density at radius 2 is 1.57 bits per heavy atom. The van der Waals surface area contributed by atoms with Crippen LogP contribution in [0.3, 0.4) is 0 Å². The Morgan fingerprint density at radius 1 is 0.905 bits per heavy atom. The van der Waals surface area contributed by atoms with Gasteiger partial charge in [0.1, 0.15) is 12.6 Å². The predicted octanol–water partition coefficient (Wildman–Crippen LogP) is 5.99. The molecule has 1 atom stereocenters. The molecule has 10 heteroatoms. The standard InChI is InChI=1S/C32H31BrClN3O4S/c1-23-15-17-28(18-16-23)42(40,41)37(27-13-8-12-26(33)20-27)22-31(38)36(21-25-11-6-7-14-29(25)34)30(32(39)35-2)19-24-9-4-3-5-10-24/h3-18,20,30H,19,21-22H2,1-2H3,(H,35,39)/t30-/m0/s1. The monoisotopic (exact) mass is 667 g/mol. The first-order chi connectivity index (χ1) is 20.1. The van der Waals surface area contributed by atoms with Gasteiger partial charge in [-0.1, -0.05) is 99.8 Å². The van der Waals surface area contributed by atoms with Crippen LogP contribution in [0.15, 0.2) is 112 Å². The zero-order valence-electron chi connectivity index (χ0n) is 23.2. The molecule has 0 bridgehead atoms. The van der Waals surface area contributed by atoms with E-state index in [2.05, 4.69) is 21.2 Å². The molecule has 0 saturated heterocycles. The number of nitrogens with zero attached hydrogens (tertiary/aromatic N) is 2. The Morgan fingerprint density at radius 3 is 2.21 bits per heavy atom. The number of halogens is 2. The number of amides is 2. The Balaban J connectivity index is 1.80. The van der Waals surface area contributed by atoms with Gasteiger partial charge in [0.15, 0.2) is 0 Å². The van der Waals surface area contributed by atoms with E-state index in [4.69, 9.17) is 11.6 Å². The lowest BCUT2D eigenvalue weighted by atomic mass is 10.0. The molecule has 0 saturated carbocycles. The molecular formula is C32H31BrClN3O4S. The van der Waals surface area contributed by atoms with Gasteiger partial charge in [-0.2, -0.15) is 0 Å². The summed E-state index contributed by atoms with van der Waals surface area (Å²) in [6, 6.07) is 28.7. The first-order valence-corrected chi connectivity index (χ1v) is 15.8. The maximum absolute atomic E-state index is 14.3. The zero-order chi connectivity index (χ0) is 30.3. The molecule has 0 fully saturated rings. The van der Waals surface area contributed by atoms with Crippen LogP contribution < -0.4 is 9.62 Å². The highest BCUT2D eigenvalue weighted by atomic mass is 79.9.